The van der Waals surface area contributed by atoms with E-state index in [1.807, 2.05) is 6.07 Å². The number of carboxylic acid groups (broad SMARTS) is 1. The van der Waals surface area contributed by atoms with Crippen LogP contribution in [0.3, 0.4) is 0 Å². The maximum Gasteiger partial charge on any atom is 0.335 e. The molecule has 1 amide bonds. The highest BCUT2D eigenvalue weighted by atomic mass is 16.5. The lowest BCUT2D eigenvalue weighted by molar-refractivity contribution is 0.0696. The van der Waals surface area contributed by atoms with Crippen molar-refractivity contribution in [3.8, 4) is 11.5 Å². The van der Waals surface area contributed by atoms with Crippen molar-refractivity contribution >= 4 is 39.7 Å². The monoisotopic (exact) mass is 441 g/mol. The van der Waals surface area contributed by atoms with Crippen LogP contribution in [0.5, 0.6) is 11.5 Å². The first-order valence-electron chi connectivity index (χ1n) is 9.91. The number of amides is 1. The fraction of sp³-hybridized carbons (Fsp3) is 0.0400. The zero-order chi connectivity index (χ0) is 23.4. The number of aromatic carboxylic acids is 1. The first kappa shape index (κ1) is 21.5. The third-order valence-corrected chi connectivity index (χ3v) is 4.97. The molecule has 0 unspecified atom stereocenters. The molecule has 0 bridgehead atoms. The minimum absolute atomic E-state index is 0.0414. The van der Waals surface area contributed by atoms with Gasteiger partial charge in [0.15, 0.2) is 5.75 Å². The highest BCUT2D eigenvalue weighted by molar-refractivity contribution is 6.11. The Morgan fingerprint density at radius 3 is 2.27 bits per heavy atom. The third kappa shape index (κ3) is 4.64. The van der Waals surface area contributed by atoms with Crippen molar-refractivity contribution < 1.29 is 24.5 Å². The summed E-state index contributed by atoms with van der Waals surface area (Å²) in [6.45, 7) is 0. The van der Waals surface area contributed by atoms with Crippen LogP contribution in [-0.4, -0.2) is 29.2 Å². The summed E-state index contributed by atoms with van der Waals surface area (Å²) >= 11 is 0. The lowest BCUT2D eigenvalue weighted by Gasteiger charge is -2.11. The lowest BCUT2D eigenvalue weighted by Crippen LogP contribution is -2.12. The number of hydrogen-bond donors (Lipinski definition) is 3. The van der Waals surface area contributed by atoms with Crippen molar-refractivity contribution in [3.63, 3.8) is 0 Å². The van der Waals surface area contributed by atoms with Gasteiger partial charge in [-0.25, -0.2) is 4.79 Å². The van der Waals surface area contributed by atoms with Crippen LogP contribution in [0.2, 0.25) is 0 Å². The second-order valence-electron chi connectivity index (χ2n) is 7.08. The Bertz CT molecular complexity index is 1360. The number of phenolic OH excluding ortho intramolecular Hbond substituents is 1. The molecule has 0 saturated carbocycles. The Morgan fingerprint density at radius 1 is 0.909 bits per heavy atom. The summed E-state index contributed by atoms with van der Waals surface area (Å²) in [4.78, 5) is 23.9. The minimum atomic E-state index is -1.04. The summed E-state index contributed by atoms with van der Waals surface area (Å²) < 4.78 is 5.12. The van der Waals surface area contributed by atoms with Crippen LogP contribution in [0.25, 0.3) is 10.8 Å². The van der Waals surface area contributed by atoms with Crippen LogP contribution in [0.15, 0.2) is 89.1 Å². The van der Waals surface area contributed by atoms with Crippen LogP contribution in [0.1, 0.15) is 20.7 Å². The molecule has 0 fully saturated rings. The molecule has 0 saturated heterocycles. The SMILES string of the molecule is COc1ccc(NC(=O)c2cc3ccccc3c(N=Nc3ccc(C(=O)O)cc3)c2O)cc1. The molecule has 4 rings (SSSR count). The van der Waals surface area contributed by atoms with Crippen LogP contribution in [0, 0.1) is 0 Å². The number of ether oxygens (including phenoxy) is 1. The number of anilines is 1. The number of hydrogen-bond acceptors (Lipinski definition) is 6. The van der Waals surface area contributed by atoms with E-state index in [1.165, 1.54) is 24.3 Å². The minimum Gasteiger partial charge on any atom is -0.505 e. The molecular weight excluding hydrogens is 422 g/mol. The predicted molar refractivity (Wildman–Crippen MR) is 124 cm³/mol. The molecule has 8 nitrogen and oxygen atoms in total. The number of nitrogens with zero attached hydrogens (tertiary/aromatic N) is 2. The number of fused-ring (bicyclic) bond motifs is 1. The summed E-state index contributed by atoms with van der Waals surface area (Å²) in [5, 5.41) is 32.3. The topological polar surface area (TPSA) is 121 Å². The van der Waals surface area contributed by atoms with Gasteiger partial charge < -0.3 is 20.3 Å². The molecule has 3 N–H and O–H groups in total. The number of nitrogens with one attached hydrogen (secondary N) is 1. The van der Waals surface area contributed by atoms with Gasteiger partial charge in [0.05, 0.1) is 23.9 Å². The van der Waals surface area contributed by atoms with Crippen LogP contribution in [-0.2, 0) is 0 Å². The Hall–Kier alpha value is -4.72. The zero-order valence-electron chi connectivity index (χ0n) is 17.5. The van der Waals surface area contributed by atoms with E-state index in [0.29, 0.717) is 27.9 Å². The number of phenols is 1. The van der Waals surface area contributed by atoms with Crippen molar-refractivity contribution in [3.05, 3.63) is 90.0 Å². The van der Waals surface area contributed by atoms with Gasteiger partial charge in [-0.15, -0.1) is 5.11 Å². The Labute approximate surface area is 188 Å². The maximum absolute atomic E-state index is 12.9. The molecule has 0 aliphatic carbocycles. The molecule has 8 heteroatoms. The molecular formula is C25H19N3O5. The average Bonchev–Trinajstić information content (AvgIpc) is 2.83. The van der Waals surface area contributed by atoms with Gasteiger partial charge >= 0.3 is 5.97 Å². The first-order valence-corrected chi connectivity index (χ1v) is 9.91. The number of benzene rings is 4. The second kappa shape index (κ2) is 9.19. The smallest absolute Gasteiger partial charge is 0.335 e. The van der Waals surface area contributed by atoms with Crippen molar-refractivity contribution in [2.24, 2.45) is 10.2 Å². The molecule has 164 valence electrons. The predicted octanol–water partition coefficient (Wildman–Crippen LogP) is 5.92. The number of methoxy groups -OCH3 is 1. The number of carbonyl (C=O) groups is 2. The zero-order valence-corrected chi connectivity index (χ0v) is 17.5. The summed E-state index contributed by atoms with van der Waals surface area (Å²) in [7, 11) is 1.55. The quantitative estimate of drug-likeness (QED) is 0.321. The van der Waals surface area contributed by atoms with Crippen LogP contribution in [0.4, 0.5) is 17.1 Å². The number of azo groups is 1. The average molecular weight is 441 g/mol. The maximum atomic E-state index is 12.9. The summed E-state index contributed by atoms with van der Waals surface area (Å²) in [5.41, 5.74) is 1.24. The molecule has 0 radical (unpaired) electrons. The largest absolute Gasteiger partial charge is 0.505 e. The number of carbonyl (C=O) groups excluding carboxylic acids is 1. The highest BCUT2D eigenvalue weighted by Crippen LogP contribution is 2.39. The highest BCUT2D eigenvalue weighted by Gasteiger charge is 2.18. The molecule has 4 aromatic rings. The van der Waals surface area contributed by atoms with Crippen molar-refractivity contribution in [2.75, 3.05) is 12.4 Å². The fourth-order valence-corrected chi connectivity index (χ4v) is 3.24. The number of aromatic hydroxyl groups is 1. The standard InChI is InChI=1S/C25H19N3O5/c1-33-19-12-10-17(11-13-19)26-24(30)21-14-16-4-2-3-5-20(16)22(23(21)29)28-27-18-8-6-15(7-9-18)25(31)32/h2-14,29H,1H3,(H,26,30)(H,31,32). The van der Waals surface area contributed by atoms with Gasteiger partial charge in [-0.1, -0.05) is 24.3 Å². The first-order chi connectivity index (χ1) is 16.0. The van der Waals surface area contributed by atoms with E-state index in [9.17, 15) is 14.7 Å². The number of rotatable bonds is 6. The summed E-state index contributed by atoms with van der Waals surface area (Å²) in [5.74, 6) is -1.21. The lowest BCUT2D eigenvalue weighted by atomic mass is 10.0. The van der Waals surface area contributed by atoms with Gasteiger partial charge in [0, 0.05) is 11.1 Å². The molecule has 0 aliphatic heterocycles. The molecule has 33 heavy (non-hydrogen) atoms. The van der Waals surface area contributed by atoms with E-state index in [1.54, 1.807) is 55.6 Å². The van der Waals surface area contributed by atoms with E-state index in [-0.39, 0.29) is 22.6 Å². The summed E-state index contributed by atoms with van der Waals surface area (Å²) in [6.07, 6.45) is 0. The molecule has 0 heterocycles. The van der Waals surface area contributed by atoms with Gasteiger partial charge in [0.1, 0.15) is 11.4 Å². The van der Waals surface area contributed by atoms with E-state index in [0.717, 1.165) is 0 Å². The van der Waals surface area contributed by atoms with Crippen LogP contribution >= 0.6 is 0 Å². The Balaban J connectivity index is 1.70. The molecule has 0 atom stereocenters. The summed E-state index contributed by atoms with van der Waals surface area (Å²) in [6, 6.07) is 21.4. The molecule has 0 spiro atoms. The molecule has 0 aliphatic rings. The van der Waals surface area contributed by atoms with Crippen molar-refractivity contribution in [1.82, 2.24) is 0 Å². The van der Waals surface area contributed by atoms with E-state index in [2.05, 4.69) is 15.5 Å². The fourth-order valence-electron chi connectivity index (χ4n) is 3.24. The van der Waals surface area contributed by atoms with Crippen molar-refractivity contribution in [1.29, 1.82) is 0 Å². The Morgan fingerprint density at radius 2 is 1.61 bits per heavy atom. The van der Waals surface area contributed by atoms with E-state index in [4.69, 9.17) is 9.84 Å². The van der Waals surface area contributed by atoms with Gasteiger partial charge in [-0.3, -0.25) is 4.79 Å². The molecule has 0 aromatic heterocycles. The van der Waals surface area contributed by atoms with E-state index < -0.39 is 11.9 Å². The molecule has 4 aromatic carbocycles. The van der Waals surface area contributed by atoms with Crippen LogP contribution < -0.4 is 10.1 Å². The van der Waals surface area contributed by atoms with Gasteiger partial charge in [0.25, 0.3) is 5.91 Å². The van der Waals surface area contributed by atoms with Gasteiger partial charge in [-0.05, 0) is 60.0 Å². The number of carboxylic acids is 1. The van der Waals surface area contributed by atoms with Crippen molar-refractivity contribution in [2.45, 2.75) is 0 Å². The second-order valence-corrected chi connectivity index (χ2v) is 7.08. The Kier molecular flexibility index (Phi) is 5.99. The van der Waals surface area contributed by atoms with E-state index >= 15 is 0 Å². The third-order valence-electron chi connectivity index (χ3n) is 4.97. The van der Waals surface area contributed by atoms with Gasteiger partial charge in [-0.2, -0.15) is 5.11 Å². The normalized spacial score (nSPS) is 10.9. The van der Waals surface area contributed by atoms with Gasteiger partial charge in [0.2, 0.25) is 0 Å².